The number of amides is 1. The topological polar surface area (TPSA) is 20.3 Å². The third-order valence-electron chi connectivity index (χ3n) is 4.51. The molecule has 0 N–H and O–H groups in total. The van der Waals surface area contributed by atoms with Crippen LogP contribution in [0.15, 0.2) is 95.9 Å². The second-order valence-corrected chi connectivity index (χ2v) is 7.50. The molecule has 1 unspecified atom stereocenters. The minimum Gasteiger partial charge on any atom is -0.288 e. The van der Waals surface area contributed by atoms with Gasteiger partial charge in [0.2, 0.25) is 5.91 Å². The predicted octanol–water partition coefficient (Wildman–Crippen LogP) is 5.71. The van der Waals surface area contributed by atoms with Gasteiger partial charge in [0.1, 0.15) is 4.87 Å². The van der Waals surface area contributed by atoms with Gasteiger partial charge in [-0.15, -0.1) is 0 Å². The Morgan fingerprint density at radius 2 is 1.50 bits per heavy atom. The summed E-state index contributed by atoms with van der Waals surface area (Å²) in [6.45, 7) is 1.64. The van der Waals surface area contributed by atoms with Crippen molar-refractivity contribution in [1.82, 2.24) is 0 Å². The molecule has 0 aliphatic carbocycles. The zero-order chi connectivity index (χ0) is 18.0. The minimum atomic E-state index is -0.591. The highest BCUT2D eigenvalue weighted by molar-refractivity contribution is 8.01. The molecule has 1 aliphatic heterocycles. The van der Waals surface area contributed by atoms with E-state index in [2.05, 4.69) is 42.5 Å². The summed E-state index contributed by atoms with van der Waals surface area (Å²) < 4.78 is 0. The lowest BCUT2D eigenvalue weighted by Crippen LogP contribution is -2.42. The van der Waals surface area contributed by atoms with Gasteiger partial charge in [0.05, 0.1) is 5.69 Å². The first-order valence-electron chi connectivity index (χ1n) is 8.59. The number of rotatable bonds is 3. The molecule has 1 heterocycles. The fourth-order valence-corrected chi connectivity index (χ4v) is 4.82. The maximum atomic E-state index is 12.7. The Kier molecular flexibility index (Phi) is 4.39. The molecule has 128 valence electrons. The highest BCUT2D eigenvalue weighted by atomic mass is 32.2. The van der Waals surface area contributed by atoms with Crippen molar-refractivity contribution in [1.29, 1.82) is 0 Å². The van der Waals surface area contributed by atoms with Crippen molar-refractivity contribution in [3.8, 4) is 0 Å². The second-order valence-electron chi connectivity index (χ2n) is 6.23. The molecule has 1 amide bonds. The summed E-state index contributed by atoms with van der Waals surface area (Å²) in [7, 11) is 0. The molecule has 26 heavy (non-hydrogen) atoms. The monoisotopic (exact) mass is 357 g/mol. The Morgan fingerprint density at radius 1 is 0.885 bits per heavy atom. The Bertz CT molecular complexity index is 952. The zero-order valence-electron chi connectivity index (χ0n) is 14.5. The molecule has 0 fully saturated rings. The molecule has 3 aromatic carbocycles. The summed E-state index contributed by atoms with van der Waals surface area (Å²) in [6, 6.07) is 28.5. The van der Waals surface area contributed by atoms with Crippen molar-refractivity contribution in [3.63, 3.8) is 0 Å². The van der Waals surface area contributed by atoms with Crippen LogP contribution in [0.4, 0.5) is 5.69 Å². The first kappa shape index (κ1) is 16.7. The SMILES string of the molecule is CC(=O)N1c2ccccc2SC1(/C=C/c1ccccc1)c1ccccc1. The normalized spacial score (nSPS) is 18.9. The highest BCUT2D eigenvalue weighted by Gasteiger charge is 2.46. The first-order chi connectivity index (χ1) is 12.7. The van der Waals surface area contributed by atoms with Gasteiger partial charge in [-0.25, -0.2) is 0 Å². The van der Waals surface area contributed by atoms with E-state index in [1.54, 1.807) is 18.7 Å². The van der Waals surface area contributed by atoms with Crippen LogP contribution in [0.3, 0.4) is 0 Å². The van der Waals surface area contributed by atoms with Crippen LogP contribution in [0, 0.1) is 0 Å². The zero-order valence-corrected chi connectivity index (χ0v) is 15.3. The Labute approximate surface area is 158 Å². The summed E-state index contributed by atoms with van der Waals surface area (Å²) in [5, 5.41) is 0. The van der Waals surface area contributed by atoms with E-state index in [-0.39, 0.29) is 5.91 Å². The number of hydrogen-bond donors (Lipinski definition) is 0. The van der Waals surface area contributed by atoms with E-state index in [1.807, 2.05) is 59.5 Å². The van der Waals surface area contributed by atoms with Crippen LogP contribution in [-0.4, -0.2) is 5.91 Å². The number of nitrogens with zero attached hydrogens (tertiary/aromatic N) is 1. The van der Waals surface area contributed by atoms with Crippen LogP contribution in [0.2, 0.25) is 0 Å². The van der Waals surface area contributed by atoms with Gasteiger partial charge < -0.3 is 0 Å². The average Bonchev–Trinajstić information content (AvgIpc) is 3.03. The standard InChI is InChI=1S/C23H19NOS/c1-18(25)24-21-14-8-9-15-22(21)26-23(24,20-12-6-3-7-13-20)17-16-19-10-4-2-5-11-19/h2-17H,1H3/b17-16+. The van der Waals surface area contributed by atoms with Gasteiger partial charge >= 0.3 is 0 Å². The molecule has 1 aliphatic rings. The van der Waals surface area contributed by atoms with Crippen molar-refractivity contribution in [2.75, 3.05) is 4.90 Å². The van der Waals surface area contributed by atoms with Crippen LogP contribution in [0.5, 0.6) is 0 Å². The van der Waals surface area contributed by atoms with Crippen LogP contribution in [0.25, 0.3) is 6.08 Å². The van der Waals surface area contributed by atoms with Gasteiger partial charge in [0, 0.05) is 11.8 Å². The fourth-order valence-electron chi connectivity index (χ4n) is 3.37. The Balaban J connectivity index is 1.90. The number of benzene rings is 3. The van der Waals surface area contributed by atoms with E-state index in [1.165, 1.54) is 0 Å². The van der Waals surface area contributed by atoms with E-state index in [4.69, 9.17) is 0 Å². The van der Waals surface area contributed by atoms with E-state index >= 15 is 0 Å². The van der Waals surface area contributed by atoms with Crippen molar-refractivity contribution in [3.05, 3.63) is 102 Å². The predicted molar refractivity (Wildman–Crippen MR) is 109 cm³/mol. The molecule has 2 nitrogen and oxygen atoms in total. The highest BCUT2D eigenvalue weighted by Crippen LogP contribution is 2.56. The number of thioether (sulfide) groups is 1. The van der Waals surface area contributed by atoms with Crippen molar-refractivity contribution in [2.24, 2.45) is 0 Å². The molecule has 3 heteroatoms. The van der Waals surface area contributed by atoms with Gasteiger partial charge in [0.25, 0.3) is 0 Å². The summed E-state index contributed by atoms with van der Waals surface area (Å²) in [4.78, 5) is 15.1. The largest absolute Gasteiger partial charge is 0.288 e. The lowest BCUT2D eigenvalue weighted by molar-refractivity contribution is -0.117. The summed E-state index contributed by atoms with van der Waals surface area (Å²) >= 11 is 1.71. The molecule has 0 spiro atoms. The number of carbonyl (C=O) groups excluding carboxylic acids is 1. The fraction of sp³-hybridized carbons (Fsp3) is 0.0870. The Morgan fingerprint density at radius 3 is 2.19 bits per heavy atom. The number of para-hydroxylation sites is 1. The van der Waals surface area contributed by atoms with Crippen molar-refractivity contribution >= 4 is 29.4 Å². The maximum absolute atomic E-state index is 12.7. The van der Waals surface area contributed by atoms with E-state index < -0.39 is 4.87 Å². The number of anilines is 1. The average molecular weight is 357 g/mol. The molecule has 1 atom stereocenters. The molecular weight excluding hydrogens is 338 g/mol. The van der Waals surface area contributed by atoms with Gasteiger partial charge in [-0.05, 0) is 29.3 Å². The second kappa shape index (κ2) is 6.85. The van der Waals surface area contributed by atoms with Gasteiger partial charge in [-0.2, -0.15) is 0 Å². The first-order valence-corrected chi connectivity index (χ1v) is 9.41. The lowest BCUT2D eigenvalue weighted by atomic mass is 10.0. The minimum absolute atomic E-state index is 0.0315. The van der Waals surface area contributed by atoms with Crippen LogP contribution >= 0.6 is 11.8 Å². The van der Waals surface area contributed by atoms with E-state index in [0.717, 1.165) is 21.7 Å². The molecule has 0 saturated heterocycles. The number of hydrogen-bond acceptors (Lipinski definition) is 2. The van der Waals surface area contributed by atoms with Gasteiger partial charge in [-0.3, -0.25) is 9.69 Å². The van der Waals surface area contributed by atoms with Crippen LogP contribution in [0.1, 0.15) is 18.1 Å². The van der Waals surface area contributed by atoms with Crippen molar-refractivity contribution < 1.29 is 4.79 Å². The molecule has 0 aromatic heterocycles. The molecule has 3 aromatic rings. The molecule has 4 rings (SSSR count). The van der Waals surface area contributed by atoms with Gasteiger partial charge in [-0.1, -0.05) is 90.6 Å². The smallest absolute Gasteiger partial charge is 0.225 e. The van der Waals surface area contributed by atoms with E-state index in [0.29, 0.717) is 0 Å². The third kappa shape index (κ3) is 2.85. The molecule has 0 saturated carbocycles. The third-order valence-corrected chi connectivity index (χ3v) is 5.94. The number of fused-ring (bicyclic) bond motifs is 1. The van der Waals surface area contributed by atoms with Crippen LogP contribution < -0.4 is 4.90 Å². The molecule has 0 bridgehead atoms. The molecular formula is C23H19NOS. The quantitative estimate of drug-likeness (QED) is 0.598. The van der Waals surface area contributed by atoms with Gasteiger partial charge in [0.15, 0.2) is 0 Å². The maximum Gasteiger partial charge on any atom is 0.225 e. The molecule has 0 radical (unpaired) electrons. The summed E-state index contributed by atoms with van der Waals surface area (Å²) in [5.74, 6) is 0.0315. The lowest BCUT2D eigenvalue weighted by Gasteiger charge is -2.35. The number of carbonyl (C=O) groups is 1. The van der Waals surface area contributed by atoms with Crippen molar-refractivity contribution in [2.45, 2.75) is 16.7 Å². The summed E-state index contributed by atoms with van der Waals surface area (Å²) in [5.41, 5.74) is 3.16. The van der Waals surface area contributed by atoms with Crippen LogP contribution in [-0.2, 0) is 9.67 Å². The Hall–Kier alpha value is -2.78. The summed E-state index contributed by atoms with van der Waals surface area (Å²) in [6.07, 6.45) is 4.24. The van der Waals surface area contributed by atoms with E-state index in [9.17, 15) is 4.79 Å².